The van der Waals surface area contributed by atoms with E-state index in [4.69, 9.17) is 4.74 Å². The van der Waals surface area contributed by atoms with E-state index in [-0.39, 0.29) is 23.7 Å². The lowest BCUT2D eigenvalue weighted by Gasteiger charge is -2.46. The Morgan fingerprint density at radius 2 is 1.89 bits per heavy atom. The molecule has 250 valence electrons. The molecular weight excluding hydrogens is 591 g/mol. The number of nitrogens with one attached hydrogen (secondary N) is 1. The number of alkyl halides is 3. The summed E-state index contributed by atoms with van der Waals surface area (Å²) in [6.07, 6.45) is 2.61. The quantitative estimate of drug-likeness (QED) is 0.209. The Morgan fingerprint density at radius 1 is 1.09 bits per heavy atom. The van der Waals surface area contributed by atoms with Crippen LogP contribution in [0.25, 0.3) is 0 Å². The molecule has 0 saturated carbocycles. The Hall–Kier alpha value is -2.47. The van der Waals surface area contributed by atoms with Crippen LogP contribution in [0.4, 0.5) is 18.9 Å². The van der Waals surface area contributed by atoms with Crippen molar-refractivity contribution < 1.29 is 23.0 Å². The van der Waals surface area contributed by atoms with Gasteiger partial charge < -0.3 is 14.7 Å². The van der Waals surface area contributed by atoms with Crippen molar-refractivity contribution in [2.24, 2.45) is 0 Å². The lowest BCUT2D eigenvalue weighted by atomic mass is 9.74. The molecule has 2 aromatic carbocycles. The molecule has 10 heteroatoms. The molecule has 0 aromatic heterocycles. The predicted octanol–water partition coefficient (Wildman–Crippen LogP) is 6.29. The van der Waals surface area contributed by atoms with Crippen LogP contribution in [0, 0.1) is 0 Å². The van der Waals surface area contributed by atoms with E-state index in [0.717, 1.165) is 50.3 Å². The number of hydrogen-bond donors (Lipinski definition) is 2. The van der Waals surface area contributed by atoms with Gasteiger partial charge in [-0.05, 0) is 79.8 Å². The van der Waals surface area contributed by atoms with Crippen LogP contribution in [0.2, 0.25) is 0 Å². The molecular formula is C36H48F3N5O2. The fraction of sp³-hybridized carbons (Fsp3) is 0.611. The normalized spacial score (nSPS) is 26.2. The zero-order valence-electron chi connectivity index (χ0n) is 27.4. The Kier molecular flexibility index (Phi) is 8.74. The minimum Gasteiger partial charge on any atom is -0.379 e. The first-order valence-electron chi connectivity index (χ1n) is 17.1. The maximum atomic E-state index is 14.5. The number of ether oxygens (including phenoxy) is 1. The maximum absolute atomic E-state index is 14.5. The summed E-state index contributed by atoms with van der Waals surface area (Å²) in [6.45, 7) is 8.67. The second kappa shape index (κ2) is 12.5. The SMILES string of the molecule is CCCCCCCN1NCN(C)C1CC1(c2cccc(N3Cc4c(cc(CN5CCC6=C(C)[C@H]65)cc4C(F)(F)F)C3O)c2)COC1. The van der Waals surface area contributed by atoms with Crippen LogP contribution in [0.15, 0.2) is 47.5 Å². The van der Waals surface area contributed by atoms with E-state index >= 15 is 0 Å². The maximum Gasteiger partial charge on any atom is 0.416 e. The van der Waals surface area contributed by atoms with Crippen molar-refractivity contribution in [1.82, 2.24) is 20.2 Å². The first kappa shape index (κ1) is 32.1. The average molecular weight is 640 g/mol. The highest BCUT2D eigenvalue weighted by Gasteiger charge is 2.47. The lowest BCUT2D eigenvalue weighted by Crippen LogP contribution is -2.53. The molecule has 4 heterocycles. The molecule has 1 aliphatic carbocycles. The van der Waals surface area contributed by atoms with E-state index in [0.29, 0.717) is 36.9 Å². The molecule has 46 heavy (non-hydrogen) atoms. The van der Waals surface area contributed by atoms with Crippen LogP contribution in [-0.4, -0.2) is 72.1 Å². The molecule has 2 unspecified atom stereocenters. The topological polar surface area (TPSA) is 54.5 Å². The molecule has 4 aliphatic heterocycles. The third-order valence-corrected chi connectivity index (χ3v) is 11.1. The van der Waals surface area contributed by atoms with Gasteiger partial charge in [0.15, 0.2) is 6.23 Å². The van der Waals surface area contributed by atoms with Crippen molar-refractivity contribution in [3.8, 4) is 0 Å². The molecule has 2 N–H and O–H groups in total. The van der Waals surface area contributed by atoms with E-state index in [1.165, 1.54) is 42.9 Å². The van der Waals surface area contributed by atoms with Crippen LogP contribution in [0.5, 0.6) is 0 Å². The summed E-state index contributed by atoms with van der Waals surface area (Å²) in [6, 6.07) is 11.5. The van der Waals surface area contributed by atoms with Gasteiger partial charge in [-0.3, -0.25) is 9.80 Å². The minimum atomic E-state index is -4.50. The highest BCUT2D eigenvalue weighted by molar-refractivity contribution is 5.58. The molecule has 0 radical (unpaired) electrons. The van der Waals surface area contributed by atoms with Gasteiger partial charge in [0.05, 0.1) is 37.7 Å². The summed E-state index contributed by atoms with van der Waals surface area (Å²) in [5.41, 5.74) is 8.52. The summed E-state index contributed by atoms with van der Waals surface area (Å²) in [4.78, 5) is 6.31. The summed E-state index contributed by atoms with van der Waals surface area (Å²) in [5.74, 6) is 0. The summed E-state index contributed by atoms with van der Waals surface area (Å²) in [5, 5.41) is 13.9. The Labute approximate surface area is 270 Å². The number of halogens is 3. The zero-order chi connectivity index (χ0) is 32.2. The van der Waals surface area contributed by atoms with Crippen LogP contribution >= 0.6 is 0 Å². The number of nitrogens with zero attached hydrogens (tertiary/aromatic N) is 4. The van der Waals surface area contributed by atoms with Gasteiger partial charge in [-0.2, -0.15) is 13.2 Å². The van der Waals surface area contributed by atoms with Crippen molar-refractivity contribution in [1.29, 1.82) is 0 Å². The third-order valence-electron chi connectivity index (χ3n) is 11.1. The first-order chi connectivity index (χ1) is 22.1. The Balaban J connectivity index is 1.10. The largest absolute Gasteiger partial charge is 0.416 e. The standard InChI is InChI=1S/C36H48F3N5O2/c1-4-5-6-7-8-13-44-32(41(3)23-40-44)18-35(21-46-22-35)26-10-9-11-27(17-26)43-20-30-29(34(43)45)15-25(16-31(30)36(37,38)39)19-42-14-12-28-24(2)33(28)42/h9-11,15-17,32-34,40,45H,4-8,12-14,18-23H2,1-3H3/t32?,33-,34?/m1/s1. The van der Waals surface area contributed by atoms with Crippen molar-refractivity contribution in [2.75, 3.05) is 44.9 Å². The van der Waals surface area contributed by atoms with Crippen molar-refractivity contribution in [3.05, 3.63) is 75.4 Å². The molecule has 7 nitrogen and oxygen atoms in total. The highest BCUT2D eigenvalue weighted by Crippen LogP contribution is 2.47. The van der Waals surface area contributed by atoms with Crippen LogP contribution in [-0.2, 0) is 29.4 Å². The highest BCUT2D eigenvalue weighted by atomic mass is 19.4. The van der Waals surface area contributed by atoms with Gasteiger partial charge in [-0.15, -0.1) is 0 Å². The number of likely N-dealkylation sites (tertiary alicyclic amines) is 1. The second-order valence-corrected chi connectivity index (χ2v) is 14.2. The van der Waals surface area contributed by atoms with E-state index in [2.05, 4.69) is 53.3 Å². The number of benzene rings is 2. The molecule has 0 spiro atoms. The summed E-state index contributed by atoms with van der Waals surface area (Å²) >= 11 is 0. The van der Waals surface area contributed by atoms with E-state index in [1.54, 1.807) is 11.0 Å². The number of hydrazine groups is 1. The number of aliphatic hydroxyl groups excluding tert-OH is 1. The van der Waals surface area contributed by atoms with Crippen LogP contribution in [0.3, 0.4) is 0 Å². The molecule has 5 aliphatic rings. The molecule has 2 aromatic rings. The smallest absolute Gasteiger partial charge is 0.379 e. The monoisotopic (exact) mass is 639 g/mol. The Bertz CT molecular complexity index is 1470. The average Bonchev–Trinajstić information content (AvgIpc) is 3.29. The van der Waals surface area contributed by atoms with Crippen molar-refractivity contribution >= 4 is 5.69 Å². The fourth-order valence-corrected chi connectivity index (χ4v) is 8.31. The predicted molar refractivity (Wildman–Crippen MR) is 173 cm³/mol. The third kappa shape index (κ3) is 5.90. The lowest BCUT2D eigenvalue weighted by molar-refractivity contribution is -0.138. The fourth-order valence-electron chi connectivity index (χ4n) is 8.31. The van der Waals surface area contributed by atoms with Gasteiger partial charge in [-0.25, -0.2) is 10.4 Å². The van der Waals surface area contributed by atoms with Gasteiger partial charge in [0.1, 0.15) is 0 Å². The van der Waals surface area contributed by atoms with Gasteiger partial charge in [0, 0.05) is 42.8 Å². The van der Waals surface area contributed by atoms with Gasteiger partial charge in [0.2, 0.25) is 0 Å². The van der Waals surface area contributed by atoms with Crippen molar-refractivity contribution in [2.45, 2.75) is 102 Å². The van der Waals surface area contributed by atoms with Gasteiger partial charge in [0.25, 0.3) is 0 Å². The molecule has 0 bridgehead atoms. The van der Waals surface area contributed by atoms with Crippen LogP contribution < -0.4 is 10.3 Å². The molecule has 3 saturated heterocycles. The second-order valence-electron chi connectivity index (χ2n) is 14.2. The zero-order valence-corrected chi connectivity index (χ0v) is 27.4. The first-order valence-corrected chi connectivity index (χ1v) is 17.1. The van der Waals surface area contributed by atoms with Crippen molar-refractivity contribution in [3.63, 3.8) is 0 Å². The van der Waals surface area contributed by atoms with E-state index < -0.39 is 18.0 Å². The molecule has 7 rings (SSSR count). The number of anilines is 1. The number of unbranched alkanes of at least 4 members (excludes halogenated alkanes) is 4. The molecule has 3 fully saturated rings. The minimum absolute atomic E-state index is 0.0107. The molecule has 0 amide bonds. The summed E-state index contributed by atoms with van der Waals surface area (Å²) < 4.78 is 49.2. The van der Waals surface area contributed by atoms with E-state index in [9.17, 15) is 18.3 Å². The van der Waals surface area contributed by atoms with Gasteiger partial charge in [-0.1, -0.05) is 50.3 Å². The number of fused-ring (bicyclic) bond motifs is 2. The Morgan fingerprint density at radius 3 is 2.59 bits per heavy atom. The number of rotatable bonds is 12. The van der Waals surface area contributed by atoms with Gasteiger partial charge >= 0.3 is 6.18 Å². The number of aliphatic hydroxyl groups is 1. The summed E-state index contributed by atoms with van der Waals surface area (Å²) in [7, 11) is 2.15. The molecule has 3 atom stereocenters. The number of hydrogen-bond acceptors (Lipinski definition) is 7. The van der Waals surface area contributed by atoms with E-state index in [1.807, 2.05) is 12.1 Å². The van der Waals surface area contributed by atoms with Crippen LogP contribution in [0.1, 0.15) is 92.8 Å².